The predicted molar refractivity (Wildman–Crippen MR) is 38.0 cm³/mol. The van der Waals surface area contributed by atoms with E-state index in [2.05, 4.69) is 6.58 Å². The molecule has 0 aromatic heterocycles. The van der Waals surface area contributed by atoms with E-state index in [0.717, 1.165) is 0 Å². The van der Waals surface area contributed by atoms with Gasteiger partial charge in [0, 0.05) is 12.8 Å². The molecule has 0 spiro atoms. The van der Waals surface area contributed by atoms with Crippen LogP contribution in [0.5, 0.6) is 0 Å². The molecule has 0 N–H and O–H groups in total. The van der Waals surface area contributed by atoms with Crippen LogP contribution in [0.2, 0.25) is 0 Å². The van der Waals surface area contributed by atoms with E-state index in [9.17, 15) is 9.59 Å². The molecule has 0 unspecified atom stereocenters. The van der Waals surface area contributed by atoms with Crippen LogP contribution >= 0.6 is 11.6 Å². The maximum atomic E-state index is 10.9. The fraction of sp³-hybridized carbons (Fsp3) is 0.429. The molecule has 0 atom stereocenters. The molecule has 10 heavy (non-hydrogen) atoms. The summed E-state index contributed by atoms with van der Waals surface area (Å²) in [4.78, 5) is 20.4. The number of hydrogen-bond donors (Lipinski definition) is 0. The summed E-state index contributed by atoms with van der Waals surface area (Å²) in [5.74, 6) is -0.455. The summed E-state index contributed by atoms with van der Waals surface area (Å²) >= 11 is 5.64. The highest BCUT2D eigenvalue weighted by molar-refractivity contribution is 6.50. The van der Waals surface area contributed by atoms with Crippen molar-refractivity contribution in [3.63, 3.8) is 0 Å². The van der Waals surface area contributed by atoms with Crippen LogP contribution in [0.15, 0.2) is 12.7 Å². The molecule has 1 aliphatic carbocycles. The van der Waals surface area contributed by atoms with Crippen molar-refractivity contribution in [2.45, 2.75) is 17.7 Å². The van der Waals surface area contributed by atoms with Crippen molar-refractivity contribution in [2.75, 3.05) is 0 Å². The van der Waals surface area contributed by atoms with Gasteiger partial charge in [-0.05, 0) is 0 Å². The van der Waals surface area contributed by atoms with Crippen molar-refractivity contribution in [3.05, 3.63) is 12.7 Å². The first-order valence-electron chi connectivity index (χ1n) is 3.00. The summed E-state index contributed by atoms with van der Waals surface area (Å²) < 4.78 is 0. The first-order chi connectivity index (χ1) is 4.61. The standard InChI is InChI=1S/C7H7ClO2/c1-2-7(8)5(9)3-4-6(7)10/h2H,1,3-4H2. The van der Waals surface area contributed by atoms with Crippen molar-refractivity contribution in [3.8, 4) is 0 Å². The monoisotopic (exact) mass is 158 g/mol. The number of carbonyl (C=O) groups is 2. The fourth-order valence-corrected chi connectivity index (χ4v) is 1.16. The largest absolute Gasteiger partial charge is 0.297 e. The van der Waals surface area contributed by atoms with E-state index < -0.39 is 4.87 Å². The number of Topliss-reactive ketones (excluding diaryl/α,β-unsaturated/α-hetero) is 2. The van der Waals surface area contributed by atoms with E-state index in [-0.39, 0.29) is 24.4 Å². The van der Waals surface area contributed by atoms with Crippen molar-refractivity contribution < 1.29 is 9.59 Å². The van der Waals surface area contributed by atoms with Gasteiger partial charge in [0.2, 0.25) is 0 Å². The van der Waals surface area contributed by atoms with Crippen LogP contribution in [-0.4, -0.2) is 16.4 Å². The van der Waals surface area contributed by atoms with Crippen molar-refractivity contribution in [1.29, 1.82) is 0 Å². The van der Waals surface area contributed by atoms with Gasteiger partial charge in [-0.15, -0.1) is 6.58 Å². The van der Waals surface area contributed by atoms with Crippen LogP contribution in [0.25, 0.3) is 0 Å². The molecule has 0 aromatic carbocycles. The van der Waals surface area contributed by atoms with Gasteiger partial charge in [0.25, 0.3) is 0 Å². The lowest BCUT2D eigenvalue weighted by atomic mass is 10.1. The molecule has 0 radical (unpaired) electrons. The summed E-state index contributed by atoms with van der Waals surface area (Å²) in [6.07, 6.45) is 1.73. The fourth-order valence-electron chi connectivity index (χ4n) is 0.974. The molecule has 3 heteroatoms. The Morgan fingerprint density at radius 1 is 1.40 bits per heavy atom. The Morgan fingerprint density at radius 2 is 1.80 bits per heavy atom. The van der Waals surface area contributed by atoms with Gasteiger partial charge in [0.15, 0.2) is 16.4 Å². The Balaban J connectivity index is 3.01. The molecule has 1 saturated carbocycles. The molecule has 0 aromatic rings. The average molecular weight is 159 g/mol. The number of allylic oxidation sites excluding steroid dienone is 1. The van der Waals surface area contributed by atoms with Crippen molar-refractivity contribution in [1.82, 2.24) is 0 Å². The quantitative estimate of drug-likeness (QED) is 0.325. The van der Waals surface area contributed by atoms with Gasteiger partial charge >= 0.3 is 0 Å². The predicted octanol–water partition coefficient (Wildman–Crippen LogP) is 1.08. The smallest absolute Gasteiger partial charge is 0.178 e. The first kappa shape index (κ1) is 7.48. The van der Waals surface area contributed by atoms with E-state index in [4.69, 9.17) is 11.6 Å². The Bertz CT molecular complexity index is 192. The Labute approximate surface area is 63.9 Å². The summed E-state index contributed by atoms with van der Waals surface area (Å²) in [6.45, 7) is 3.34. The Kier molecular flexibility index (Phi) is 1.65. The van der Waals surface area contributed by atoms with Gasteiger partial charge in [0.1, 0.15) is 0 Å². The number of carbonyl (C=O) groups excluding carboxylic acids is 2. The minimum atomic E-state index is -1.39. The number of alkyl halides is 1. The minimum absolute atomic E-state index is 0.228. The summed E-state index contributed by atoms with van der Waals surface area (Å²) in [7, 11) is 0. The molecule has 2 nitrogen and oxygen atoms in total. The van der Waals surface area contributed by atoms with Crippen LogP contribution in [0, 0.1) is 0 Å². The lowest BCUT2D eigenvalue weighted by molar-refractivity contribution is -0.123. The summed E-state index contributed by atoms with van der Waals surface area (Å²) in [5.41, 5.74) is 0. The van der Waals surface area contributed by atoms with Crippen molar-refractivity contribution >= 4 is 23.2 Å². The molecule has 0 saturated heterocycles. The topological polar surface area (TPSA) is 34.1 Å². The second kappa shape index (κ2) is 2.20. The van der Waals surface area contributed by atoms with Gasteiger partial charge in [0.05, 0.1) is 0 Å². The van der Waals surface area contributed by atoms with Crippen molar-refractivity contribution in [2.24, 2.45) is 0 Å². The van der Waals surface area contributed by atoms with E-state index in [1.165, 1.54) is 6.08 Å². The van der Waals surface area contributed by atoms with Gasteiger partial charge in [-0.2, -0.15) is 0 Å². The molecule has 0 bridgehead atoms. The number of hydrogen-bond acceptors (Lipinski definition) is 2. The van der Waals surface area contributed by atoms with E-state index in [0.29, 0.717) is 0 Å². The first-order valence-corrected chi connectivity index (χ1v) is 3.38. The highest BCUT2D eigenvalue weighted by Crippen LogP contribution is 2.29. The van der Waals surface area contributed by atoms with Gasteiger partial charge in [-0.3, -0.25) is 9.59 Å². The molecule has 1 rings (SSSR count). The zero-order valence-corrected chi connectivity index (χ0v) is 6.15. The normalized spacial score (nSPS) is 23.3. The molecular formula is C7H7ClO2. The van der Waals surface area contributed by atoms with E-state index in [1.54, 1.807) is 0 Å². The highest BCUT2D eigenvalue weighted by Gasteiger charge is 2.45. The summed E-state index contributed by atoms with van der Waals surface area (Å²) in [5, 5.41) is 0. The maximum Gasteiger partial charge on any atom is 0.178 e. The highest BCUT2D eigenvalue weighted by atomic mass is 35.5. The number of ketones is 2. The SMILES string of the molecule is C=CC1(Cl)C(=O)CCC1=O. The zero-order chi connectivity index (χ0) is 7.78. The Hall–Kier alpha value is -0.630. The molecule has 0 amide bonds. The van der Waals surface area contributed by atoms with Crippen LogP contribution < -0.4 is 0 Å². The third-order valence-electron chi connectivity index (χ3n) is 1.67. The van der Waals surface area contributed by atoms with E-state index >= 15 is 0 Å². The second-order valence-electron chi connectivity index (χ2n) is 2.26. The third-order valence-corrected chi connectivity index (χ3v) is 2.25. The molecule has 1 aliphatic rings. The average Bonchev–Trinajstić information content (AvgIpc) is 2.18. The lowest BCUT2D eigenvalue weighted by Gasteiger charge is -2.09. The molecule has 0 aliphatic heterocycles. The minimum Gasteiger partial charge on any atom is -0.297 e. The number of halogens is 1. The number of rotatable bonds is 1. The molecule has 1 fully saturated rings. The van der Waals surface area contributed by atoms with Crippen LogP contribution in [-0.2, 0) is 9.59 Å². The zero-order valence-electron chi connectivity index (χ0n) is 5.39. The van der Waals surface area contributed by atoms with Crippen LogP contribution in [0.4, 0.5) is 0 Å². The summed E-state index contributed by atoms with van der Waals surface area (Å²) in [6, 6.07) is 0. The van der Waals surface area contributed by atoms with Crippen LogP contribution in [0.1, 0.15) is 12.8 Å². The van der Waals surface area contributed by atoms with Gasteiger partial charge < -0.3 is 0 Å². The van der Waals surface area contributed by atoms with Crippen LogP contribution in [0.3, 0.4) is 0 Å². The lowest BCUT2D eigenvalue weighted by Crippen LogP contribution is -2.31. The molecule has 0 heterocycles. The Morgan fingerprint density at radius 3 is 2.00 bits per heavy atom. The maximum absolute atomic E-state index is 10.9. The third kappa shape index (κ3) is 0.797. The molecule has 54 valence electrons. The van der Waals surface area contributed by atoms with Gasteiger partial charge in [-0.25, -0.2) is 0 Å². The molecular weight excluding hydrogens is 152 g/mol. The van der Waals surface area contributed by atoms with Gasteiger partial charge in [-0.1, -0.05) is 17.7 Å². The second-order valence-corrected chi connectivity index (χ2v) is 2.86. The van der Waals surface area contributed by atoms with E-state index in [1.807, 2.05) is 0 Å².